The van der Waals surface area contributed by atoms with Gasteiger partial charge < -0.3 is 10.5 Å². The van der Waals surface area contributed by atoms with Gasteiger partial charge in [0.15, 0.2) is 11.5 Å². The highest BCUT2D eigenvalue weighted by Crippen LogP contribution is 2.53. The zero-order chi connectivity index (χ0) is 18.7. The van der Waals surface area contributed by atoms with Gasteiger partial charge in [-0.3, -0.25) is 9.69 Å². The van der Waals surface area contributed by atoms with E-state index in [1.807, 2.05) is 56.3 Å². The normalized spacial score (nSPS) is 23.6. The van der Waals surface area contributed by atoms with Crippen molar-refractivity contribution in [2.24, 2.45) is 16.1 Å². The van der Waals surface area contributed by atoms with Crippen LogP contribution < -0.4 is 10.5 Å². The molecule has 2 aromatic carbocycles. The van der Waals surface area contributed by atoms with Crippen LogP contribution in [-0.2, 0) is 10.3 Å². The van der Waals surface area contributed by atoms with E-state index < -0.39 is 11.0 Å². The van der Waals surface area contributed by atoms with Gasteiger partial charge in [0.25, 0.3) is 5.91 Å². The van der Waals surface area contributed by atoms with Crippen molar-refractivity contribution in [2.75, 3.05) is 13.7 Å². The Morgan fingerprint density at radius 3 is 2.58 bits per heavy atom. The van der Waals surface area contributed by atoms with E-state index in [2.05, 4.69) is 4.99 Å². The third kappa shape index (κ3) is 2.16. The van der Waals surface area contributed by atoms with Crippen LogP contribution in [0.1, 0.15) is 19.4 Å². The molecule has 5 nitrogen and oxygen atoms in total. The summed E-state index contributed by atoms with van der Waals surface area (Å²) in [6.07, 6.45) is 0. The van der Waals surface area contributed by atoms with Gasteiger partial charge >= 0.3 is 0 Å². The first-order valence-corrected chi connectivity index (χ1v) is 8.81. The number of hydrogen-bond donors (Lipinski definition) is 1. The third-order valence-corrected chi connectivity index (χ3v) is 5.57. The molecule has 1 unspecified atom stereocenters. The molecule has 2 N–H and O–H groups in total. The molecule has 2 heterocycles. The molecule has 0 saturated heterocycles. The van der Waals surface area contributed by atoms with Gasteiger partial charge in [0.05, 0.1) is 6.61 Å². The number of rotatable bonds is 1. The number of halogens is 1. The minimum Gasteiger partial charge on any atom is -0.493 e. The average molecular weight is 370 g/mol. The SMILES string of the molecule is CN1C(=O)C2(N=C1N)c1cc(-c3cccc(Cl)c3)ccc1OCC2(C)C. The maximum absolute atomic E-state index is 13.2. The molecule has 0 bridgehead atoms. The number of nitrogens with zero attached hydrogens (tertiary/aromatic N) is 2. The summed E-state index contributed by atoms with van der Waals surface area (Å²) in [5.74, 6) is 0.757. The van der Waals surface area contributed by atoms with Gasteiger partial charge in [0.2, 0.25) is 0 Å². The summed E-state index contributed by atoms with van der Waals surface area (Å²) >= 11 is 6.14. The van der Waals surface area contributed by atoms with Crippen molar-refractivity contribution in [1.29, 1.82) is 0 Å². The lowest BCUT2D eigenvalue weighted by Crippen LogP contribution is -2.53. The van der Waals surface area contributed by atoms with E-state index in [1.54, 1.807) is 7.05 Å². The lowest BCUT2D eigenvalue weighted by atomic mass is 9.66. The van der Waals surface area contributed by atoms with Gasteiger partial charge in [-0.15, -0.1) is 0 Å². The van der Waals surface area contributed by atoms with Crippen LogP contribution in [0.3, 0.4) is 0 Å². The zero-order valence-corrected chi connectivity index (χ0v) is 15.7. The summed E-state index contributed by atoms with van der Waals surface area (Å²) in [6.45, 7) is 4.35. The second-order valence-electron chi connectivity index (χ2n) is 7.44. The minimum absolute atomic E-state index is 0.132. The third-order valence-electron chi connectivity index (χ3n) is 5.34. The van der Waals surface area contributed by atoms with Gasteiger partial charge in [-0.1, -0.05) is 43.6 Å². The standard InChI is InChI=1S/C20H20ClN3O2/c1-19(2)11-26-16-8-7-13(12-5-4-6-14(21)9-12)10-15(16)20(19)17(25)24(3)18(22)23-20/h4-10H,11H2,1-3H3,(H2,22,23). The van der Waals surface area contributed by atoms with Crippen LogP contribution in [0.2, 0.25) is 5.02 Å². The topological polar surface area (TPSA) is 67.9 Å². The number of ether oxygens (including phenoxy) is 1. The maximum Gasteiger partial charge on any atom is 0.262 e. The summed E-state index contributed by atoms with van der Waals surface area (Å²) in [4.78, 5) is 19.3. The molecule has 1 atom stereocenters. The Morgan fingerprint density at radius 1 is 1.19 bits per heavy atom. The summed E-state index contributed by atoms with van der Waals surface area (Å²) in [5, 5.41) is 0.658. The van der Waals surface area contributed by atoms with E-state index >= 15 is 0 Å². The number of nitrogens with two attached hydrogens (primary N) is 1. The number of amides is 1. The van der Waals surface area contributed by atoms with Gasteiger partial charge in [-0.25, -0.2) is 4.99 Å². The van der Waals surface area contributed by atoms with Crippen LogP contribution in [0.4, 0.5) is 0 Å². The van der Waals surface area contributed by atoms with Crippen LogP contribution in [-0.4, -0.2) is 30.4 Å². The van der Waals surface area contributed by atoms with Crippen LogP contribution in [0.5, 0.6) is 5.75 Å². The highest BCUT2D eigenvalue weighted by molar-refractivity contribution is 6.30. The summed E-state index contributed by atoms with van der Waals surface area (Å²) in [7, 11) is 1.65. The number of fused-ring (bicyclic) bond motifs is 2. The van der Waals surface area contributed by atoms with Gasteiger partial charge in [0, 0.05) is 23.0 Å². The predicted molar refractivity (Wildman–Crippen MR) is 102 cm³/mol. The fourth-order valence-electron chi connectivity index (χ4n) is 3.77. The molecule has 0 aliphatic carbocycles. The fraction of sp³-hybridized carbons (Fsp3) is 0.300. The molecular formula is C20H20ClN3O2. The van der Waals surface area contributed by atoms with E-state index in [1.165, 1.54) is 4.90 Å². The number of likely N-dealkylation sites (N-methyl/N-ethyl adjacent to an activating group) is 1. The number of carbonyl (C=O) groups is 1. The fourth-order valence-corrected chi connectivity index (χ4v) is 3.96. The molecule has 0 aromatic heterocycles. The van der Waals surface area contributed by atoms with Crippen molar-refractivity contribution >= 4 is 23.5 Å². The van der Waals surface area contributed by atoms with Crippen molar-refractivity contribution in [2.45, 2.75) is 19.4 Å². The monoisotopic (exact) mass is 369 g/mol. The number of hydrogen-bond acceptors (Lipinski definition) is 4. The zero-order valence-electron chi connectivity index (χ0n) is 14.9. The molecule has 1 spiro atoms. The summed E-state index contributed by atoms with van der Waals surface area (Å²) in [5.41, 5.74) is 7.04. The lowest BCUT2D eigenvalue weighted by Gasteiger charge is -2.44. The first-order valence-electron chi connectivity index (χ1n) is 8.43. The van der Waals surface area contributed by atoms with E-state index in [0.717, 1.165) is 16.7 Å². The quantitative estimate of drug-likeness (QED) is 0.837. The second-order valence-corrected chi connectivity index (χ2v) is 7.87. The molecule has 26 heavy (non-hydrogen) atoms. The number of carbonyl (C=O) groups excluding carboxylic acids is 1. The molecule has 0 radical (unpaired) electrons. The Morgan fingerprint density at radius 2 is 1.92 bits per heavy atom. The predicted octanol–water partition coefficient (Wildman–Crippen LogP) is 3.41. The Hall–Kier alpha value is -2.53. The first-order chi connectivity index (χ1) is 12.3. The molecular weight excluding hydrogens is 350 g/mol. The average Bonchev–Trinajstić information content (AvgIpc) is 2.84. The molecule has 2 aliphatic rings. The molecule has 0 fully saturated rings. The van der Waals surface area contributed by atoms with Crippen molar-refractivity contribution < 1.29 is 9.53 Å². The number of guanidine groups is 1. The Kier molecular flexibility index (Phi) is 3.57. The van der Waals surface area contributed by atoms with Crippen LogP contribution >= 0.6 is 11.6 Å². The van der Waals surface area contributed by atoms with Crippen LogP contribution in [0, 0.1) is 5.41 Å². The van der Waals surface area contributed by atoms with Crippen molar-refractivity contribution in [3.63, 3.8) is 0 Å². The van der Waals surface area contributed by atoms with Crippen LogP contribution in [0.15, 0.2) is 47.5 Å². The van der Waals surface area contributed by atoms with Crippen LogP contribution in [0.25, 0.3) is 11.1 Å². The second kappa shape index (κ2) is 5.48. The first kappa shape index (κ1) is 16.9. The molecule has 2 aromatic rings. The largest absolute Gasteiger partial charge is 0.493 e. The van der Waals surface area contributed by atoms with Crippen molar-refractivity contribution in [3.05, 3.63) is 53.1 Å². The number of benzene rings is 2. The molecule has 4 rings (SSSR count). The minimum atomic E-state index is -1.09. The molecule has 0 saturated carbocycles. The molecule has 6 heteroatoms. The van der Waals surface area contributed by atoms with E-state index in [0.29, 0.717) is 17.4 Å². The summed E-state index contributed by atoms with van der Waals surface area (Å²) < 4.78 is 5.95. The van der Waals surface area contributed by atoms with Crippen molar-refractivity contribution in [1.82, 2.24) is 4.90 Å². The smallest absolute Gasteiger partial charge is 0.262 e. The van der Waals surface area contributed by atoms with Crippen molar-refractivity contribution in [3.8, 4) is 16.9 Å². The molecule has 1 amide bonds. The Labute approximate surface area is 157 Å². The maximum atomic E-state index is 13.2. The van der Waals surface area contributed by atoms with Gasteiger partial charge in [-0.05, 0) is 35.4 Å². The Bertz CT molecular complexity index is 954. The lowest BCUT2D eigenvalue weighted by molar-refractivity contribution is -0.137. The number of aliphatic imine (C=N–C) groups is 1. The highest BCUT2D eigenvalue weighted by Gasteiger charge is 2.61. The van der Waals surface area contributed by atoms with Gasteiger partial charge in [0.1, 0.15) is 5.75 Å². The molecule has 2 aliphatic heterocycles. The van der Waals surface area contributed by atoms with E-state index in [-0.39, 0.29) is 11.9 Å². The van der Waals surface area contributed by atoms with E-state index in [9.17, 15) is 4.79 Å². The summed E-state index contributed by atoms with van der Waals surface area (Å²) in [6, 6.07) is 13.4. The van der Waals surface area contributed by atoms with E-state index in [4.69, 9.17) is 22.1 Å². The molecule has 134 valence electrons. The van der Waals surface area contributed by atoms with Gasteiger partial charge in [-0.2, -0.15) is 0 Å². The highest BCUT2D eigenvalue weighted by atomic mass is 35.5. The Balaban J connectivity index is 1.96.